The molecule has 0 spiro atoms. The second-order valence-electron chi connectivity index (χ2n) is 5.89. The van der Waals surface area contributed by atoms with Crippen molar-refractivity contribution >= 4 is 17.5 Å². The third-order valence-electron chi connectivity index (χ3n) is 3.95. The zero-order valence-electron chi connectivity index (χ0n) is 14.3. The Morgan fingerprint density at radius 2 is 1.96 bits per heavy atom. The van der Waals surface area contributed by atoms with Gasteiger partial charge in [-0.2, -0.15) is 0 Å². The summed E-state index contributed by atoms with van der Waals surface area (Å²) in [5.41, 5.74) is 5.96. The fraction of sp³-hybridized carbons (Fsp3) is 0.263. The first kappa shape index (κ1) is 18.2. The first-order valence-electron chi connectivity index (χ1n) is 8.54. The van der Waals surface area contributed by atoms with Gasteiger partial charge in [-0.05, 0) is 42.1 Å². The zero-order chi connectivity index (χ0) is 18.4. The molecule has 1 aromatic carbocycles. The Balaban J connectivity index is 1.86. The van der Waals surface area contributed by atoms with Gasteiger partial charge >= 0.3 is 0 Å². The molecule has 0 fully saturated rings. The number of hydrogen-bond donors (Lipinski definition) is 2. The summed E-state index contributed by atoms with van der Waals surface area (Å²) in [6, 6.07) is 13.0. The maximum Gasteiger partial charge on any atom is 0.227 e. The van der Waals surface area contributed by atoms with Crippen molar-refractivity contribution in [2.75, 3.05) is 13.1 Å². The van der Waals surface area contributed by atoms with E-state index in [0.29, 0.717) is 23.8 Å². The number of aromatic nitrogens is 1. The summed E-state index contributed by atoms with van der Waals surface area (Å²) < 4.78 is 11.0. The minimum atomic E-state index is -0.105. The van der Waals surface area contributed by atoms with Gasteiger partial charge in [0.15, 0.2) is 22.4 Å². The number of furan rings is 1. The molecule has 7 heteroatoms. The SMILES string of the molecule is [NH3+]CCCCNC(=O)Cc1onc(-c2ccc(Cl)o2)c1-c1ccccc1. The van der Waals surface area contributed by atoms with E-state index in [0.717, 1.165) is 30.5 Å². The molecule has 4 N–H and O–H groups in total. The number of unbranched alkanes of at least 4 members (excludes halogenated alkanes) is 1. The lowest BCUT2D eigenvalue weighted by atomic mass is 10.0. The first-order valence-corrected chi connectivity index (χ1v) is 8.92. The lowest BCUT2D eigenvalue weighted by molar-refractivity contribution is -0.368. The fourth-order valence-electron chi connectivity index (χ4n) is 2.69. The molecule has 0 saturated carbocycles. The molecule has 0 unspecified atom stereocenters. The molecular formula is C19H21ClN3O3+. The Kier molecular flexibility index (Phi) is 6.09. The van der Waals surface area contributed by atoms with Crippen LogP contribution in [-0.4, -0.2) is 24.2 Å². The van der Waals surface area contributed by atoms with E-state index >= 15 is 0 Å². The minimum Gasteiger partial charge on any atom is -0.443 e. The summed E-state index contributed by atoms with van der Waals surface area (Å²) >= 11 is 5.89. The Hall–Kier alpha value is -2.57. The summed E-state index contributed by atoms with van der Waals surface area (Å²) in [7, 11) is 0. The lowest BCUT2D eigenvalue weighted by Gasteiger charge is -2.05. The number of rotatable bonds is 8. The van der Waals surface area contributed by atoms with Crippen LogP contribution in [0.4, 0.5) is 0 Å². The predicted molar refractivity (Wildman–Crippen MR) is 98.4 cm³/mol. The van der Waals surface area contributed by atoms with Crippen molar-refractivity contribution in [1.82, 2.24) is 10.5 Å². The minimum absolute atomic E-state index is 0.105. The molecule has 3 aromatic rings. The molecule has 0 aliphatic carbocycles. The van der Waals surface area contributed by atoms with Crippen LogP contribution in [0, 0.1) is 0 Å². The highest BCUT2D eigenvalue weighted by Crippen LogP contribution is 2.36. The molecule has 136 valence electrons. The summed E-state index contributed by atoms with van der Waals surface area (Å²) in [6.07, 6.45) is 2.00. The van der Waals surface area contributed by atoms with Gasteiger partial charge in [-0.3, -0.25) is 4.79 Å². The van der Waals surface area contributed by atoms with Crippen molar-refractivity contribution in [2.24, 2.45) is 0 Å². The van der Waals surface area contributed by atoms with Gasteiger partial charge in [-0.15, -0.1) is 0 Å². The van der Waals surface area contributed by atoms with Gasteiger partial charge in [0.2, 0.25) is 5.91 Å². The molecular weight excluding hydrogens is 354 g/mol. The third-order valence-corrected chi connectivity index (χ3v) is 4.16. The second-order valence-corrected chi connectivity index (χ2v) is 6.26. The summed E-state index contributed by atoms with van der Waals surface area (Å²) in [5.74, 6) is 0.888. The third kappa shape index (κ3) is 4.33. The molecule has 2 aromatic heterocycles. The Labute approximate surface area is 156 Å². The molecule has 0 radical (unpaired) electrons. The number of amides is 1. The maximum absolute atomic E-state index is 12.2. The Morgan fingerprint density at radius 1 is 1.15 bits per heavy atom. The van der Waals surface area contributed by atoms with Gasteiger partial charge in [0.1, 0.15) is 0 Å². The number of quaternary nitrogens is 1. The largest absolute Gasteiger partial charge is 0.443 e. The van der Waals surface area contributed by atoms with E-state index in [1.807, 2.05) is 30.3 Å². The Bertz CT molecular complexity index is 858. The number of halogens is 1. The molecule has 26 heavy (non-hydrogen) atoms. The molecule has 0 saturated heterocycles. The van der Waals surface area contributed by atoms with Gasteiger partial charge in [0, 0.05) is 6.54 Å². The van der Waals surface area contributed by atoms with Gasteiger partial charge in [0.25, 0.3) is 0 Å². The lowest BCUT2D eigenvalue weighted by Crippen LogP contribution is -2.50. The first-order chi connectivity index (χ1) is 12.7. The van der Waals surface area contributed by atoms with E-state index in [4.69, 9.17) is 20.5 Å². The van der Waals surface area contributed by atoms with E-state index < -0.39 is 0 Å². The van der Waals surface area contributed by atoms with Crippen LogP contribution in [-0.2, 0) is 11.2 Å². The van der Waals surface area contributed by atoms with Crippen molar-refractivity contribution in [3.63, 3.8) is 0 Å². The number of nitrogens with one attached hydrogen (secondary N) is 1. The van der Waals surface area contributed by atoms with E-state index in [1.165, 1.54) is 0 Å². The van der Waals surface area contributed by atoms with Crippen molar-refractivity contribution in [3.05, 3.63) is 53.4 Å². The number of carbonyl (C=O) groups is 1. The maximum atomic E-state index is 12.2. The van der Waals surface area contributed by atoms with Crippen molar-refractivity contribution in [2.45, 2.75) is 19.3 Å². The summed E-state index contributed by atoms with van der Waals surface area (Å²) in [4.78, 5) is 12.2. The van der Waals surface area contributed by atoms with E-state index in [2.05, 4.69) is 16.2 Å². The highest BCUT2D eigenvalue weighted by atomic mass is 35.5. The highest BCUT2D eigenvalue weighted by Gasteiger charge is 2.23. The van der Waals surface area contributed by atoms with E-state index in [1.54, 1.807) is 12.1 Å². The number of carbonyl (C=O) groups excluding carboxylic acids is 1. The monoisotopic (exact) mass is 374 g/mol. The molecule has 6 nitrogen and oxygen atoms in total. The van der Waals surface area contributed by atoms with Crippen molar-refractivity contribution in [1.29, 1.82) is 0 Å². The molecule has 0 aliphatic heterocycles. The molecule has 2 heterocycles. The van der Waals surface area contributed by atoms with Crippen LogP contribution < -0.4 is 11.1 Å². The Morgan fingerprint density at radius 3 is 2.65 bits per heavy atom. The number of hydrogen-bond acceptors (Lipinski definition) is 4. The molecule has 3 rings (SSSR count). The molecule has 1 amide bonds. The van der Waals surface area contributed by atoms with E-state index in [-0.39, 0.29) is 17.5 Å². The normalized spacial score (nSPS) is 10.8. The van der Waals surface area contributed by atoms with Gasteiger partial charge in [-0.1, -0.05) is 35.5 Å². The number of benzene rings is 1. The molecule has 0 aliphatic rings. The van der Waals surface area contributed by atoms with Gasteiger partial charge in [-0.25, -0.2) is 0 Å². The van der Waals surface area contributed by atoms with Crippen LogP contribution in [0.2, 0.25) is 5.22 Å². The van der Waals surface area contributed by atoms with Gasteiger partial charge < -0.3 is 20.0 Å². The van der Waals surface area contributed by atoms with Crippen LogP contribution in [0.3, 0.4) is 0 Å². The summed E-state index contributed by atoms with van der Waals surface area (Å²) in [5, 5.41) is 7.29. The zero-order valence-corrected chi connectivity index (χ0v) is 15.1. The fourth-order valence-corrected chi connectivity index (χ4v) is 2.84. The van der Waals surface area contributed by atoms with Crippen LogP contribution >= 0.6 is 11.6 Å². The van der Waals surface area contributed by atoms with Crippen molar-refractivity contribution < 1.29 is 19.5 Å². The van der Waals surface area contributed by atoms with Gasteiger partial charge in [0.05, 0.1) is 18.5 Å². The highest BCUT2D eigenvalue weighted by molar-refractivity contribution is 6.29. The summed E-state index contributed by atoms with van der Waals surface area (Å²) in [6.45, 7) is 1.50. The van der Waals surface area contributed by atoms with Crippen LogP contribution in [0.1, 0.15) is 18.6 Å². The molecule has 0 bridgehead atoms. The van der Waals surface area contributed by atoms with Crippen LogP contribution in [0.25, 0.3) is 22.6 Å². The van der Waals surface area contributed by atoms with E-state index in [9.17, 15) is 4.79 Å². The topological polar surface area (TPSA) is 95.9 Å². The average Bonchev–Trinajstić information content (AvgIpc) is 3.25. The number of nitrogens with zero attached hydrogens (tertiary/aromatic N) is 1. The van der Waals surface area contributed by atoms with Crippen molar-refractivity contribution in [3.8, 4) is 22.6 Å². The predicted octanol–water partition coefficient (Wildman–Crippen LogP) is 2.94. The quantitative estimate of drug-likeness (QED) is 0.592. The standard InChI is InChI=1S/C19H20ClN3O3/c20-16-9-8-14(25-16)19-18(13-6-2-1-3-7-13)15(26-23-19)12-17(24)22-11-5-4-10-21/h1-3,6-9H,4-5,10-12,21H2,(H,22,24)/p+1. The average molecular weight is 375 g/mol. The smallest absolute Gasteiger partial charge is 0.227 e. The second kappa shape index (κ2) is 8.69. The van der Waals surface area contributed by atoms with Crippen LogP contribution in [0.15, 0.2) is 51.4 Å². The van der Waals surface area contributed by atoms with Crippen LogP contribution in [0.5, 0.6) is 0 Å². The molecule has 0 atom stereocenters.